The van der Waals surface area contributed by atoms with Gasteiger partial charge in [-0.25, -0.2) is 0 Å². The second-order valence-corrected chi connectivity index (χ2v) is 7.41. The first-order chi connectivity index (χ1) is 12.8. The molecule has 2 aromatic rings. The molecule has 1 aliphatic heterocycles. The fourth-order valence-electron chi connectivity index (χ4n) is 3.03. The van der Waals surface area contributed by atoms with Crippen molar-refractivity contribution in [2.24, 2.45) is 0 Å². The zero-order chi connectivity index (χ0) is 18.0. The third kappa shape index (κ3) is 5.87. The lowest BCUT2D eigenvalue weighted by atomic mass is 10.0. The van der Waals surface area contributed by atoms with E-state index in [0.29, 0.717) is 12.3 Å². The number of hydrogen-bond acceptors (Lipinski definition) is 4. The van der Waals surface area contributed by atoms with Gasteiger partial charge >= 0.3 is 0 Å². The summed E-state index contributed by atoms with van der Waals surface area (Å²) in [7, 11) is 0. The van der Waals surface area contributed by atoms with Crippen LogP contribution in [0.2, 0.25) is 0 Å². The van der Waals surface area contributed by atoms with E-state index in [1.807, 2.05) is 36.4 Å². The standard InChI is InChI=1S/C21H26N2O2S/c24-20(22-11-12-23-13-15-25-16-14-23)17-26-21(18-7-3-1-4-8-18)19-9-5-2-6-10-19/h1-10,21H,11-17H2,(H,22,24). The van der Waals surface area contributed by atoms with Crippen LogP contribution in [0, 0.1) is 0 Å². The third-order valence-electron chi connectivity index (χ3n) is 4.44. The van der Waals surface area contributed by atoms with Crippen LogP contribution < -0.4 is 5.32 Å². The largest absolute Gasteiger partial charge is 0.379 e. The van der Waals surface area contributed by atoms with Crippen LogP contribution in [0.4, 0.5) is 0 Å². The van der Waals surface area contributed by atoms with Gasteiger partial charge in [0.1, 0.15) is 0 Å². The zero-order valence-corrected chi connectivity index (χ0v) is 15.8. The maximum Gasteiger partial charge on any atom is 0.230 e. The van der Waals surface area contributed by atoms with Crippen LogP contribution in [0.1, 0.15) is 16.4 Å². The molecule has 0 saturated carbocycles. The number of benzene rings is 2. The maximum absolute atomic E-state index is 12.3. The Balaban J connectivity index is 1.50. The second-order valence-electron chi connectivity index (χ2n) is 6.32. The van der Waals surface area contributed by atoms with Gasteiger partial charge in [-0.05, 0) is 11.1 Å². The molecule has 4 nitrogen and oxygen atoms in total. The first-order valence-electron chi connectivity index (χ1n) is 9.11. The average Bonchev–Trinajstić information content (AvgIpc) is 2.71. The number of nitrogens with zero attached hydrogens (tertiary/aromatic N) is 1. The van der Waals surface area contributed by atoms with Gasteiger partial charge in [-0.3, -0.25) is 9.69 Å². The van der Waals surface area contributed by atoms with Gasteiger partial charge in [-0.15, -0.1) is 11.8 Å². The van der Waals surface area contributed by atoms with Crippen molar-refractivity contribution in [2.45, 2.75) is 5.25 Å². The molecule has 1 aliphatic rings. The molecule has 0 aromatic heterocycles. The Hall–Kier alpha value is -1.82. The Kier molecular flexibility index (Phi) is 7.55. The summed E-state index contributed by atoms with van der Waals surface area (Å²) >= 11 is 1.68. The van der Waals surface area contributed by atoms with Crippen molar-refractivity contribution in [1.82, 2.24) is 10.2 Å². The van der Waals surface area contributed by atoms with Crippen LogP contribution >= 0.6 is 11.8 Å². The molecule has 0 atom stereocenters. The Bertz CT molecular complexity index is 621. The van der Waals surface area contributed by atoms with E-state index in [9.17, 15) is 4.79 Å². The summed E-state index contributed by atoms with van der Waals surface area (Å²) in [6.45, 7) is 5.07. The molecule has 1 N–H and O–H groups in total. The summed E-state index contributed by atoms with van der Waals surface area (Å²) in [4.78, 5) is 14.6. The highest BCUT2D eigenvalue weighted by molar-refractivity contribution is 8.00. The highest BCUT2D eigenvalue weighted by Crippen LogP contribution is 2.35. The van der Waals surface area contributed by atoms with Crippen molar-refractivity contribution in [2.75, 3.05) is 45.1 Å². The molecule has 2 aromatic carbocycles. The predicted octanol–water partition coefficient (Wildman–Crippen LogP) is 2.96. The van der Waals surface area contributed by atoms with Crippen LogP contribution in [-0.4, -0.2) is 56.0 Å². The van der Waals surface area contributed by atoms with E-state index in [1.165, 1.54) is 11.1 Å². The Morgan fingerprint density at radius 1 is 1.00 bits per heavy atom. The maximum atomic E-state index is 12.3. The molecule has 5 heteroatoms. The van der Waals surface area contributed by atoms with Crippen molar-refractivity contribution in [3.63, 3.8) is 0 Å². The van der Waals surface area contributed by atoms with E-state index in [-0.39, 0.29) is 11.2 Å². The first-order valence-corrected chi connectivity index (χ1v) is 10.2. The molecule has 0 spiro atoms. The number of morpholine rings is 1. The Morgan fingerprint density at radius 2 is 1.58 bits per heavy atom. The van der Waals surface area contributed by atoms with Crippen LogP contribution in [0.3, 0.4) is 0 Å². The topological polar surface area (TPSA) is 41.6 Å². The summed E-state index contributed by atoms with van der Waals surface area (Å²) in [5.41, 5.74) is 2.45. The second kappa shape index (κ2) is 10.4. The normalized spacial score (nSPS) is 15.1. The van der Waals surface area contributed by atoms with Gasteiger partial charge in [-0.1, -0.05) is 60.7 Å². The number of ether oxygens (including phenoxy) is 1. The van der Waals surface area contributed by atoms with Crippen LogP contribution in [-0.2, 0) is 9.53 Å². The van der Waals surface area contributed by atoms with Gasteiger partial charge in [0.2, 0.25) is 5.91 Å². The minimum absolute atomic E-state index is 0.0973. The van der Waals surface area contributed by atoms with E-state index < -0.39 is 0 Å². The van der Waals surface area contributed by atoms with Crippen LogP contribution in [0.25, 0.3) is 0 Å². The van der Waals surface area contributed by atoms with Gasteiger partial charge < -0.3 is 10.1 Å². The number of carbonyl (C=O) groups is 1. The highest BCUT2D eigenvalue weighted by atomic mass is 32.2. The number of hydrogen-bond donors (Lipinski definition) is 1. The molecule has 1 saturated heterocycles. The molecular formula is C21H26N2O2S. The number of nitrogens with one attached hydrogen (secondary N) is 1. The van der Waals surface area contributed by atoms with Gasteiger partial charge in [0.25, 0.3) is 0 Å². The van der Waals surface area contributed by atoms with Crippen LogP contribution in [0.5, 0.6) is 0 Å². The fraction of sp³-hybridized carbons (Fsp3) is 0.381. The molecule has 3 rings (SSSR count). The molecule has 1 amide bonds. The van der Waals surface area contributed by atoms with Crippen molar-refractivity contribution < 1.29 is 9.53 Å². The summed E-state index contributed by atoms with van der Waals surface area (Å²) < 4.78 is 5.34. The smallest absolute Gasteiger partial charge is 0.230 e. The summed E-state index contributed by atoms with van der Waals surface area (Å²) in [5, 5.41) is 3.21. The zero-order valence-electron chi connectivity index (χ0n) is 15.0. The molecule has 1 heterocycles. The number of amides is 1. The van der Waals surface area contributed by atoms with Gasteiger partial charge in [0.05, 0.1) is 24.2 Å². The molecular weight excluding hydrogens is 344 g/mol. The minimum Gasteiger partial charge on any atom is -0.379 e. The quantitative estimate of drug-likeness (QED) is 0.776. The molecule has 0 unspecified atom stereocenters. The lowest BCUT2D eigenvalue weighted by molar-refractivity contribution is -0.118. The number of carbonyl (C=O) groups excluding carboxylic acids is 1. The van der Waals surface area contributed by atoms with Gasteiger partial charge in [0.15, 0.2) is 0 Å². The van der Waals surface area contributed by atoms with Crippen molar-refractivity contribution in [3.05, 3.63) is 71.8 Å². The lowest BCUT2D eigenvalue weighted by Gasteiger charge is -2.26. The van der Waals surface area contributed by atoms with Gasteiger partial charge in [0, 0.05) is 26.2 Å². The summed E-state index contributed by atoms with van der Waals surface area (Å²) in [6.07, 6.45) is 0. The fourth-order valence-corrected chi connectivity index (χ4v) is 4.15. The van der Waals surface area contributed by atoms with Crippen LogP contribution in [0.15, 0.2) is 60.7 Å². The monoisotopic (exact) mass is 370 g/mol. The van der Waals surface area contributed by atoms with E-state index in [4.69, 9.17) is 4.74 Å². The van der Waals surface area contributed by atoms with E-state index in [1.54, 1.807) is 11.8 Å². The molecule has 138 valence electrons. The number of rotatable bonds is 8. The van der Waals surface area contributed by atoms with E-state index in [0.717, 1.165) is 32.8 Å². The minimum atomic E-state index is 0.0973. The lowest BCUT2D eigenvalue weighted by Crippen LogP contribution is -2.41. The Morgan fingerprint density at radius 3 is 2.15 bits per heavy atom. The van der Waals surface area contributed by atoms with Crippen molar-refractivity contribution in [1.29, 1.82) is 0 Å². The van der Waals surface area contributed by atoms with Crippen molar-refractivity contribution in [3.8, 4) is 0 Å². The predicted molar refractivity (Wildman–Crippen MR) is 107 cm³/mol. The first kappa shape index (κ1) is 19.0. The van der Waals surface area contributed by atoms with E-state index in [2.05, 4.69) is 34.5 Å². The molecule has 26 heavy (non-hydrogen) atoms. The SMILES string of the molecule is O=C(CSC(c1ccccc1)c1ccccc1)NCCN1CCOCC1. The third-order valence-corrected chi connectivity index (χ3v) is 5.75. The Labute approximate surface area is 159 Å². The van der Waals surface area contributed by atoms with Gasteiger partial charge in [-0.2, -0.15) is 0 Å². The molecule has 0 aliphatic carbocycles. The summed E-state index contributed by atoms with van der Waals surface area (Å²) in [5.74, 6) is 0.553. The highest BCUT2D eigenvalue weighted by Gasteiger charge is 2.16. The van der Waals surface area contributed by atoms with E-state index >= 15 is 0 Å². The average molecular weight is 371 g/mol. The summed E-state index contributed by atoms with van der Waals surface area (Å²) in [6, 6.07) is 20.7. The molecule has 0 bridgehead atoms. The number of thioether (sulfide) groups is 1. The molecule has 0 radical (unpaired) electrons. The molecule has 1 fully saturated rings. The van der Waals surface area contributed by atoms with Crippen molar-refractivity contribution >= 4 is 17.7 Å².